The Morgan fingerprint density at radius 1 is 1.20 bits per heavy atom. The molecule has 0 unspecified atom stereocenters. The molecule has 1 aromatic carbocycles. The van der Waals surface area contributed by atoms with Gasteiger partial charge < -0.3 is 5.32 Å². The van der Waals surface area contributed by atoms with Gasteiger partial charge in [0, 0.05) is 11.4 Å². The molecule has 5 heteroatoms. The molecular weight excluding hydrogens is 274 g/mol. The van der Waals surface area contributed by atoms with Crippen LogP contribution in [0.2, 0.25) is 5.02 Å². The zero-order valence-corrected chi connectivity index (χ0v) is 12.5. The monoisotopic (exact) mass is 289 g/mol. The zero-order chi connectivity index (χ0) is 14.7. The summed E-state index contributed by atoms with van der Waals surface area (Å²) in [5.41, 5.74) is 3.11. The molecule has 0 saturated heterocycles. The number of aromatic nitrogens is 2. The van der Waals surface area contributed by atoms with Gasteiger partial charge in [0.05, 0.1) is 17.1 Å². The minimum absolute atomic E-state index is 0.212. The van der Waals surface area contributed by atoms with Gasteiger partial charge in [-0.25, -0.2) is 9.97 Å². The molecular formula is C15H16ClN3O. The zero-order valence-electron chi connectivity index (χ0n) is 11.7. The van der Waals surface area contributed by atoms with Crippen molar-refractivity contribution in [2.75, 3.05) is 0 Å². The van der Waals surface area contributed by atoms with Crippen LogP contribution in [0.3, 0.4) is 0 Å². The first kappa shape index (κ1) is 14.5. The molecule has 4 nitrogen and oxygen atoms in total. The molecule has 0 spiro atoms. The minimum atomic E-state index is -0.212. The van der Waals surface area contributed by atoms with Crippen LogP contribution in [0.25, 0.3) is 0 Å². The summed E-state index contributed by atoms with van der Waals surface area (Å²) in [5, 5.41) is 3.25. The number of rotatable bonds is 3. The van der Waals surface area contributed by atoms with E-state index in [1.54, 1.807) is 6.07 Å². The number of nitrogens with zero attached hydrogens (tertiary/aromatic N) is 2. The third-order valence-electron chi connectivity index (χ3n) is 2.88. The molecule has 1 heterocycles. The van der Waals surface area contributed by atoms with Crippen LogP contribution in [0.4, 0.5) is 0 Å². The fourth-order valence-electron chi connectivity index (χ4n) is 2.05. The molecule has 104 valence electrons. The van der Waals surface area contributed by atoms with Crippen molar-refractivity contribution in [2.45, 2.75) is 27.3 Å². The molecule has 0 radical (unpaired) electrons. The molecule has 2 rings (SSSR count). The Bertz CT molecular complexity index is 615. The Kier molecular flexibility index (Phi) is 4.35. The van der Waals surface area contributed by atoms with E-state index < -0.39 is 0 Å². The van der Waals surface area contributed by atoms with E-state index in [0.717, 1.165) is 17.0 Å². The molecule has 0 saturated carbocycles. The lowest BCUT2D eigenvalue weighted by molar-refractivity contribution is 0.0949. The van der Waals surface area contributed by atoms with Crippen LogP contribution < -0.4 is 5.32 Å². The van der Waals surface area contributed by atoms with E-state index in [2.05, 4.69) is 15.3 Å². The summed E-state index contributed by atoms with van der Waals surface area (Å²) < 4.78 is 0. The van der Waals surface area contributed by atoms with Gasteiger partial charge in [0.1, 0.15) is 5.82 Å². The third-order valence-corrected chi connectivity index (χ3v) is 3.20. The van der Waals surface area contributed by atoms with Crippen molar-refractivity contribution >= 4 is 17.5 Å². The maximum atomic E-state index is 12.2. The molecule has 20 heavy (non-hydrogen) atoms. The Morgan fingerprint density at radius 3 is 2.45 bits per heavy atom. The highest BCUT2D eigenvalue weighted by Gasteiger charge is 2.13. The number of hydrogen-bond donors (Lipinski definition) is 1. The molecule has 1 aromatic heterocycles. The fraction of sp³-hybridized carbons (Fsp3) is 0.267. The van der Waals surface area contributed by atoms with Crippen LogP contribution in [-0.4, -0.2) is 15.9 Å². The predicted octanol–water partition coefficient (Wildman–Crippen LogP) is 2.99. The van der Waals surface area contributed by atoms with Crippen molar-refractivity contribution < 1.29 is 4.79 Å². The standard InChI is InChI=1S/C15H16ClN3O/c1-9-5-4-6-12(16)14(9)15(20)17-8-13-18-10(2)7-11(3)19-13/h4-7H,8H2,1-3H3,(H,17,20). The smallest absolute Gasteiger partial charge is 0.253 e. The Balaban J connectivity index is 2.13. The topological polar surface area (TPSA) is 54.9 Å². The molecule has 2 aromatic rings. The summed E-state index contributed by atoms with van der Waals surface area (Å²) in [6.45, 7) is 5.94. The van der Waals surface area contributed by atoms with Crippen molar-refractivity contribution in [1.29, 1.82) is 0 Å². The van der Waals surface area contributed by atoms with E-state index in [0.29, 0.717) is 16.4 Å². The SMILES string of the molecule is Cc1cc(C)nc(CNC(=O)c2c(C)cccc2Cl)n1. The highest BCUT2D eigenvalue weighted by molar-refractivity contribution is 6.34. The normalized spacial score (nSPS) is 10.4. The lowest BCUT2D eigenvalue weighted by atomic mass is 10.1. The second kappa shape index (κ2) is 6.01. The lowest BCUT2D eigenvalue weighted by Crippen LogP contribution is -2.25. The van der Waals surface area contributed by atoms with Crippen molar-refractivity contribution in [3.05, 3.63) is 57.6 Å². The Labute approximate surface area is 123 Å². The molecule has 1 N–H and O–H groups in total. The summed E-state index contributed by atoms with van der Waals surface area (Å²) in [7, 11) is 0. The molecule has 0 bridgehead atoms. The average molecular weight is 290 g/mol. The van der Waals surface area contributed by atoms with E-state index in [9.17, 15) is 4.79 Å². The van der Waals surface area contributed by atoms with Gasteiger partial charge in [-0.3, -0.25) is 4.79 Å². The highest BCUT2D eigenvalue weighted by atomic mass is 35.5. The quantitative estimate of drug-likeness (QED) is 0.945. The number of hydrogen-bond acceptors (Lipinski definition) is 3. The third kappa shape index (κ3) is 3.33. The van der Waals surface area contributed by atoms with Gasteiger partial charge >= 0.3 is 0 Å². The maximum absolute atomic E-state index is 12.2. The lowest BCUT2D eigenvalue weighted by Gasteiger charge is -2.09. The second-order valence-corrected chi connectivity index (χ2v) is 5.09. The van der Waals surface area contributed by atoms with Gasteiger partial charge in [-0.15, -0.1) is 0 Å². The molecule has 1 amide bonds. The van der Waals surface area contributed by atoms with Gasteiger partial charge in [0.2, 0.25) is 0 Å². The number of carbonyl (C=O) groups excluding carboxylic acids is 1. The van der Waals surface area contributed by atoms with Crippen molar-refractivity contribution in [3.8, 4) is 0 Å². The molecule has 0 aliphatic rings. The van der Waals surface area contributed by atoms with Crippen LogP contribution in [-0.2, 0) is 6.54 Å². The number of aryl methyl sites for hydroxylation is 3. The van der Waals surface area contributed by atoms with Crippen LogP contribution in [0.5, 0.6) is 0 Å². The van der Waals surface area contributed by atoms with Gasteiger partial charge in [-0.2, -0.15) is 0 Å². The summed E-state index contributed by atoms with van der Waals surface area (Å²) in [4.78, 5) is 20.7. The summed E-state index contributed by atoms with van der Waals surface area (Å²) >= 11 is 6.06. The first-order chi connectivity index (χ1) is 9.47. The van der Waals surface area contributed by atoms with Gasteiger partial charge in [0.25, 0.3) is 5.91 Å². The van der Waals surface area contributed by atoms with E-state index in [4.69, 9.17) is 11.6 Å². The van der Waals surface area contributed by atoms with Crippen molar-refractivity contribution in [2.24, 2.45) is 0 Å². The summed E-state index contributed by atoms with van der Waals surface area (Å²) in [5.74, 6) is 0.386. The number of nitrogens with one attached hydrogen (secondary N) is 1. The van der Waals surface area contributed by atoms with Gasteiger partial charge in [-0.05, 0) is 38.5 Å². The van der Waals surface area contributed by atoms with Gasteiger partial charge in [-0.1, -0.05) is 23.7 Å². The van der Waals surface area contributed by atoms with Crippen molar-refractivity contribution in [3.63, 3.8) is 0 Å². The molecule has 0 aliphatic carbocycles. The largest absolute Gasteiger partial charge is 0.345 e. The Hall–Kier alpha value is -1.94. The van der Waals surface area contributed by atoms with Crippen molar-refractivity contribution in [1.82, 2.24) is 15.3 Å². The van der Waals surface area contributed by atoms with E-state index >= 15 is 0 Å². The first-order valence-corrected chi connectivity index (χ1v) is 6.69. The number of benzene rings is 1. The van der Waals surface area contributed by atoms with E-state index in [-0.39, 0.29) is 12.5 Å². The summed E-state index contributed by atoms with van der Waals surface area (Å²) in [6, 6.07) is 7.27. The highest BCUT2D eigenvalue weighted by Crippen LogP contribution is 2.19. The van der Waals surface area contributed by atoms with E-state index in [1.807, 2.05) is 39.0 Å². The molecule has 0 atom stereocenters. The fourth-order valence-corrected chi connectivity index (χ4v) is 2.35. The Morgan fingerprint density at radius 2 is 1.85 bits per heavy atom. The van der Waals surface area contributed by atoms with Gasteiger partial charge in [0.15, 0.2) is 0 Å². The number of halogens is 1. The van der Waals surface area contributed by atoms with Crippen LogP contribution in [0.1, 0.15) is 33.1 Å². The first-order valence-electron chi connectivity index (χ1n) is 6.32. The minimum Gasteiger partial charge on any atom is -0.345 e. The summed E-state index contributed by atoms with van der Waals surface area (Å²) in [6.07, 6.45) is 0. The number of amides is 1. The molecule has 0 aliphatic heterocycles. The predicted molar refractivity (Wildman–Crippen MR) is 78.9 cm³/mol. The van der Waals surface area contributed by atoms with E-state index in [1.165, 1.54) is 0 Å². The number of carbonyl (C=O) groups is 1. The maximum Gasteiger partial charge on any atom is 0.253 e. The van der Waals surface area contributed by atoms with Crippen LogP contribution in [0, 0.1) is 20.8 Å². The average Bonchev–Trinajstić information content (AvgIpc) is 2.35. The van der Waals surface area contributed by atoms with Crippen LogP contribution >= 0.6 is 11.6 Å². The van der Waals surface area contributed by atoms with Crippen LogP contribution in [0.15, 0.2) is 24.3 Å². The molecule has 0 fully saturated rings. The second-order valence-electron chi connectivity index (χ2n) is 4.68.